The second-order valence-electron chi connectivity index (χ2n) is 5.02. The van der Waals surface area contributed by atoms with Crippen LogP contribution in [0.3, 0.4) is 0 Å². The van der Waals surface area contributed by atoms with Crippen LogP contribution in [0, 0.1) is 0 Å². The van der Waals surface area contributed by atoms with Gasteiger partial charge in [0.05, 0.1) is 4.90 Å². The first-order chi connectivity index (χ1) is 8.45. The lowest BCUT2D eigenvalue weighted by atomic mass is 10.1. The maximum atomic E-state index is 11.3. The lowest BCUT2D eigenvalue weighted by Gasteiger charge is -2.30. The van der Waals surface area contributed by atoms with E-state index in [1.165, 1.54) is 6.26 Å². The van der Waals surface area contributed by atoms with Crippen molar-refractivity contribution in [3.8, 4) is 0 Å². The van der Waals surface area contributed by atoms with E-state index >= 15 is 0 Å². The van der Waals surface area contributed by atoms with Crippen molar-refractivity contribution in [2.45, 2.75) is 23.8 Å². The number of anilines is 1. The van der Waals surface area contributed by atoms with Crippen LogP contribution in [-0.2, 0) is 9.84 Å². The lowest BCUT2D eigenvalue weighted by molar-refractivity contribution is 0.264. The summed E-state index contributed by atoms with van der Waals surface area (Å²) < 4.78 is 22.7. The number of benzene rings is 1. The van der Waals surface area contributed by atoms with E-state index in [2.05, 4.69) is 17.3 Å². The highest BCUT2D eigenvalue weighted by Gasteiger charge is 2.16. The largest absolute Gasteiger partial charge is 0.382 e. The monoisotopic (exact) mass is 268 g/mol. The van der Waals surface area contributed by atoms with E-state index in [9.17, 15) is 8.42 Å². The fourth-order valence-corrected chi connectivity index (χ4v) is 2.82. The minimum atomic E-state index is -3.09. The van der Waals surface area contributed by atoms with Gasteiger partial charge in [-0.25, -0.2) is 8.42 Å². The second-order valence-corrected chi connectivity index (χ2v) is 7.03. The molecule has 2 rings (SSSR count). The third-order valence-electron chi connectivity index (χ3n) is 3.37. The molecule has 1 N–H and O–H groups in total. The molecule has 0 amide bonds. The molecule has 1 aliphatic rings. The number of likely N-dealkylation sites (tertiary alicyclic amines) is 1. The van der Waals surface area contributed by atoms with Crippen LogP contribution in [0.2, 0.25) is 0 Å². The van der Waals surface area contributed by atoms with E-state index in [1.807, 2.05) is 12.1 Å². The van der Waals surface area contributed by atoms with Crippen molar-refractivity contribution in [3.63, 3.8) is 0 Å². The third kappa shape index (κ3) is 3.46. The maximum Gasteiger partial charge on any atom is 0.175 e. The number of rotatable bonds is 3. The van der Waals surface area contributed by atoms with Gasteiger partial charge in [0.25, 0.3) is 0 Å². The topological polar surface area (TPSA) is 49.4 Å². The Hall–Kier alpha value is -1.07. The van der Waals surface area contributed by atoms with E-state index in [4.69, 9.17) is 0 Å². The summed E-state index contributed by atoms with van der Waals surface area (Å²) in [5.74, 6) is 0. The van der Waals surface area contributed by atoms with Gasteiger partial charge < -0.3 is 10.2 Å². The molecule has 0 unspecified atom stereocenters. The van der Waals surface area contributed by atoms with Gasteiger partial charge in [-0.05, 0) is 57.2 Å². The normalized spacial score (nSPS) is 18.8. The summed E-state index contributed by atoms with van der Waals surface area (Å²) in [5, 5.41) is 3.46. The first kappa shape index (κ1) is 13.4. The van der Waals surface area contributed by atoms with Crippen LogP contribution in [0.4, 0.5) is 5.69 Å². The molecule has 0 aromatic heterocycles. The van der Waals surface area contributed by atoms with E-state index in [1.54, 1.807) is 12.1 Å². The molecule has 0 spiro atoms. The molecule has 0 bridgehead atoms. The van der Waals surface area contributed by atoms with Gasteiger partial charge in [-0.15, -0.1) is 0 Å². The number of hydrogen-bond donors (Lipinski definition) is 1. The number of sulfone groups is 1. The van der Waals surface area contributed by atoms with Gasteiger partial charge in [-0.3, -0.25) is 0 Å². The molecule has 100 valence electrons. The second kappa shape index (κ2) is 5.28. The van der Waals surface area contributed by atoms with Crippen LogP contribution < -0.4 is 5.32 Å². The first-order valence-corrected chi connectivity index (χ1v) is 8.09. The fraction of sp³-hybridized carbons (Fsp3) is 0.538. The highest BCUT2D eigenvalue weighted by Crippen LogP contribution is 2.18. The predicted octanol–water partition coefficient (Wildman–Crippen LogP) is 1.60. The molecule has 4 nitrogen and oxygen atoms in total. The zero-order chi connectivity index (χ0) is 13.2. The van der Waals surface area contributed by atoms with Crippen LogP contribution in [-0.4, -0.2) is 45.8 Å². The summed E-state index contributed by atoms with van der Waals surface area (Å²) >= 11 is 0. The van der Waals surface area contributed by atoms with Crippen LogP contribution >= 0.6 is 0 Å². The number of piperidine rings is 1. The summed E-state index contributed by atoms with van der Waals surface area (Å²) in [6.07, 6.45) is 3.49. The summed E-state index contributed by atoms with van der Waals surface area (Å²) in [6.45, 7) is 2.22. The molecule has 0 aliphatic carbocycles. The summed E-state index contributed by atoms with van der Waals surface area (Å²) in [6, 6.07) is 7.49. The van der Waals surface area contributed by atoms with Gasteiger partial charge in [0.2, 0.25) is 0 Å². The molecule has 18 heavy (non-hydrogen) atoms. The number of nitrogens with zero attached hydrogens (tertiary/aromatic N) is 1. The zero-order valence-electron chi connectivity index (χ0n) is 10.9. The van der Waals surface area contributed by atoms with Crippen molar-refractivity contribution in [3.05, 3.63) is 24.3 Å². The van der Waals surface area contributed by atoms with Crippen LogP contribution in [0.15, 0.2) is 29.2 Å². The fourth-order valence-electron chi connectivity index (χ4n) is 2.19. The molecular weight excluding hydrogens is 248 g/mol. The molecule has 0 atom stereocenters. The van der Waals surface area contributed by atoms with Crippen LogP contribution in [0.1, 0.15) is 12.8 Å². The molecule has 1 fully saturated rings. The highest BCUT2D eigenvalue weighted by molar-refractivity contribution is 7.90. The zero-order valence-corrected chi connectivity index (χ0v) is 11.7. The Morgan fingerprint density at radius 3 is 2.22 bits per heavy atom. The molecule has 1 heterocycles. The van der Waals surface area contributed by atoms with Gasteiger partial charge in [-0.1, -0.05) is 0 Å². The molecule has 1 aromatic rings. The van der Waals surface area contributed by atoms with Crippen molar-refractivity contribution in [2.75, 3.05) is 31.7 Å². The SMILES string of the molecule is CN1CCC(Nc2ccc(S(C)(=O)=O)cc2)CC1. The summed E-state index contributed by atoms with van der Waals surface area (Å²) in [5.41, 5.74) is 0.997. The van der Waals surface area contributed by atoms with Gasteiger partial charge in [0.15, 0.2) is 9.84 Å². The Bertz CT molecular complexity index is 488. The molecule has 0 saturated carbocycles. The van der Waals surface area contributed by atoms with Crippen molar-refractivity contribution in [1.82, 2.24) is 4.90 Å². The maximum absolute atomic E-state index is 11.3. The molecule has 1 aliphatic heterocycles. The van der Waals surface area contributed by atoms with Gasteiger partial charge in [0, 0.05) is 18.0 Å². The quantitative estimate of drug-likeness (QED) is 0.904. The van der Waals surface area contributed by atoms with Crippen molar-refractivity contribution in [1.29, 1.82) is 0 Å². The molecule has 1 aromatic carbocycles. The summed E-state index contributed by atoms with van der Waals surface area (Å²) in [4.78, 5) is 2.70. The Morgan fingerprint density at radius 1 is 1.17 bits per heavy atom. The van der Waals surface area contributed by atoms with Crippen molar-refractivity contribution < 1.29 is 8.42 Å². The van der Waals surface area contributed by atoms with Crippen molar-refractivity contribution >= 4 is 15.5 Å². The third-order valence-corrected chi connectivity index (χ3v) is 4.50. The smallest absolute Gasteiger partial charge is 0.175 e. The van der Waals surface area contributed by atoms with Gasteiger partial charge in [0.1, 0.15) is 0 Å². The molecular formula is C13H20N2O2S. The van der Waals surface area contributed by atoms with Crippen LogP contribution in [0.25, 0.3) is 0 Å². The average Bonchev–Trinajstić information content (AvgIpc) is 2.32. The number of nitrogens with one attached hydrogen (secondary N) is 1. The van der Waals surface area contributed by atoms with Crippen molar-refractivity contribution in [2.24, 2.45) is 0 Å². The Kier molecular flexibility index (Phi) is 3.92. The van der Waals surface area contributed by atoms with E-state index in [-0.39, 0.29) is 0 Å². The van der Waals surface area contributed by atoms with Gasteiger partial charge in [-0.2, -0.15) is 0 Å². The minimum Gasteiger partial charge on any atom is -0.382 e. The summed E-state index contributed by atoms with van der Waals surface area (Å²) in [7, 11) is -0.958. The number of hydrogen-bond acceptors (Lipinski definition) is 4. The van der Waals surface area contributed by atoms with E-state index in [0.29, 0.717) is 10.9 Å². The van der Waals surface area contributed by atoms with E-state index < -0.39 is 9.84 Å². The lowest BCUT2D eigenvalue weighted by Crippen LogP contribution is -2.36. The van der Waals surface area contributed by atoms with E-state index in [0.717, 1.165) is 31.6 Å². The predicted molar refractivity (Wildman–Crippen MR) is 73.7 cm³/mol. The van der Waals surface area contributed by atoms with Gasteiger partial charge >= 0.3 is 0 Å². The Morgan fingerprint density at radius 2 is 1.72 bits per heavy atom. The minimum absolute atomic E-state index is 0.372. The van der Waals surface area contributed by atoms with Crippen LogP contribution in [0.5, 0.6) is 0 Å². The standard InChI is InChI=1S/C13H20N2O2S/c1-15-9-7-12(8-10-15)14-11-3-5-13(6-4-11)18(2,16)17/h3-6,12,14H,7-10H2,1-2H3. The molecule has 5 heteroatoms. The molecule has 1 saturated heterocycles. The highest BCUT2D eigenvalue weighted by atomic mass is 32.2. The Balaban J connectivity index is 1.98. The first-order valence-electron chi connectivity index (χ1n) is 6.20. The Labute approximate surface area is 109 Å². The average molecular weight is 268 g/mol. The molecule has 0 radical (unpaired) electrons.